The predicted molar refractivity (Wildman–Crippen MR) is 120 cm³/mol. The number of hydrogen-bond acceptors (Lipinski definition) is 13. The normalized spacial score (nSPS) is 20.7. The van der Waals surface area contributed by atoms with E-state index in [4.69, 9.17) is 5.73 Å². The van der Waals surface area contributed by atoms with Gasteiger partial charge in [0.2, 0.25) is 0 Å². The van der Waals surface area contributed by atoms with Gasteiger partial charge in [-0.3, -0.25) is 14.5 Å². The number of carboxylic acid groups (broad SMARTS) is 1. The van der Waals surface area contributed by atoms with E-state index in [0.29, 0.717) is 16.4 Å². The fourth-order valence-corrected chi connectivity index (χ4v) is 6.94. The molecule has 0 aromatic carbocycles. The van der Waals surface area contributed by atoms with Crippen molar-refractivity contribution >= 4 is 74.8 Å². The minimum Gasteiger partial charge on any atom is -0.477 e. The van der Waals surface area contributed by atoms with Crippen LogP contribution >= 0.6 is 46.2 Å². The lowest BCUT2D eigenvalue weighted by Gasteiger charge is -2.49. The summed E-state index contributed by atoms with van der Waals surface area (Å²) in [5.41, 5.74) is 5.13. The van der Waals surface area contributed by atoms with Gasteiger partial charge in [0.05, 0.1) is 5.75 Å². The summed E-state index contributed by atoms with van der Waals surface area (Å²) in [5.74, 6) is -1.80. The number of thiazole rings is 1. The Bertz CT molecular complexity index is 1160. The zero-order valence-electron chi connectivity index (χ0n) is 16.2. The van der Waals surface area contributed by atoms with E-state index in [2.05, 4.69) is 25.7 Å². The Morgan fingerprint density at radius 1 is 1.44 bits per heavy atom. The monoisotopic (exact) mass is 513 g/mol. The number of β-lactam (4-membered cyclic amide) rings is 1. The number of amides is 2. The second-order valence-electron chi connectivity index (χ2n) is 6.46. The van der Waals surface area contributed by atoms with Crippen LogP contribution in [-0.2, 0) is 20.1 Å². The lowest BCUT2D eigenvalue weighted by Crippen LogP contribution is -2.71. The first-order valence-electron chi connectivity index (χ1n) is 8.87. The second-order valence-corrected chi connectivity index (χ2v) is 10.8. The molecule has 1 fully saturated rings. The van der Waals surface area contributed by atoms with Crippen molar-refractivity contribution in [3.05, 3.63) is 31.7 Å². The van der Waals surface area contributed by atoms with Gasteiger partial charge in [-0.15, -0.1) is 56.4 Å². The third-order valence-corrected chi connectivity index (χ3v) is 8.70. The molecule has 2 aromatic rings. The van der Waals surface area contributed by atoms with E-state index in [1.165, 1.54) is 45.1 Å². The van der Waals surface area contributed by atoms with E-state index in [1.54, 1.807) is 0 Å². The smallest absolute Gasteiger partial charge is 0.353 e. The molecule has 4 heterocycles. The number of carboxylic acids is 1. The van der Waals surface area contributed by atoms with Gasteiger partial charge in [-0.2, -0.15) is 0 Å². The van der Waals surface area contributed by atoms with Gasteiger partial charge in [-0.05, 0) is 6.92 Å². The molecule has 2 atom stereocenters. The molecule has 2 aliphatic rings. The van der Waals surface area contributed by atoms with Crippen molar-refractivity contribution in [1.29, 1.82) is 0 Å². The Hall–Kier alpha value is -2.69. The number of oxime groups is 1. The maximum absolute atomic E-state index is 12.8. The fraction of sp³-hybridized carbons (Fsp3) is 0.312. The highest BCUT2D eigenvalue weighted by atomic mass is 32.2. The van der Waals surface area contributed by atoms with E-state index in [-0.39, 0.29) is 22.2 Å². The molecule has 2 amide bonds. The highest BCUT2D eigenvalue weighted by Crippen LogP contribution is 2.44. The van der Waals surface area contributed by atoms with Crippen LogP contribution < -0.4 is 11.1 Å². The van der Waals surface area contributed by atoms with Crippen molar-refractivity contribution in [2.45, 2.75) is 24.1 Å². The van der Waals surface area contributed by atoms with Gasteiger partial charge in [0, 0.05) is 16.0 Å². The molecule has 16 heteroatoms. The number of aryl methyl sites for hydroxylation is 1. The number of anilines is 1. The summed E-state index contributed by atoms with van der Waals surface area (Å²) >= 11 is 5.12. The number of nitrogens with one attached hydrogen (secondary N) is 1. The van der Waals surface area contributed by atoms with E-state index in [9.17, 15) is 24.7 Å². The van der Waals surface area contributed by atoms with Crippen molar-refractivity contribution < 1.29 is 24.7 Å². The number of thioether (sulfide) groups is 2. The molecule has 168 valence electrons. The van der Waals surface area contributed by atoms with Crippen LogP contribution in [-0.4, -0.2) is 71.1 Å². The van der Waals surface area contributed by atoms with Crippen molar-refractivity contribution in [1.82, 2.24) is 25.4 Å². The summed E-state index contributed by atoms with van der Waals surface area (Å²) in [4.78, 5) is 42.8. The van der Waals surface area contributed by atoms with Crippen LogP contribution in [0.15, 0.2) is 21.1 Å². The molecular weight excluding hydrogens is 498 g/mol. The number of rotatable bonds is 7. The van der Waals surface area contributed by atoms with Crippen molar-refractivity contribution in [3.8, 4) is 0 Å². The molecule has 0 aliphatic carbocycles. The van der Waals surface area contributed by atoms with E-state index >= 15 is 0 Å². The molecule has 0 saturated carbocycles. The average Bonchev–Trinajstić information content (AvgIpc) is 3.38. The summed E-state index contributed by atoms with van der Waals surface area (Å²) in [5, 5.41) is 35.0. The summed E-state index contributed by atoms with van der Waals surface area (Å²) in [6.07, 6.45) is 0. The first-order chi connectivity index (χ1) is 15.3. The van der Waals surface area contributed by atoms with Gasteiger partial charge in [-0.1, -0.05) is 5.16 Å². The van der Waals surface area contributed by atoms with Crippen LogP contribution in [0.3, 0.4) is 0 Å². The molecular formula is C16H15N7O5S4. The van der Waals surface area contributed by atoms with E-state index < -0.39 is 29.2 Å². The Morgan fingerprint density at radius 3 is 2.81 bits per heavy atom. The fourth-order valence-electron chi connectivity index (χ4n) is 3.07. The number of nitrogens with two attached hydrogens (primary N) is 1. The Labute approximate surface area is 197 Å². The molecule has 2 aliphatic heterocycles. The van der Waals surface area contributed by atoms with Crippen LogP contribution in [0.2, 0.25) is 0 Å². The number of nitrogen functional groups attached to an aromatic ring is 1. The highest BCUT2D eigenvalue weighted by molar-refractivity contribution is 8.05. The summed E-state index contributed by atoms with van der Waals surface area (Å²) in [6, 6.07) is -0.966. The van der Waals surface area contributed by atoms with Gasteiger partial charge >= 0.3 is 5.97 Å². The van der Waals surface area contributed by atoms with Gasteiger partial charge in [-0.25, -0.2) is 9.78 Å². The zero-order valence-corrected chi connectivity index (χ0v) is 19.5. The lowest BCUT2D eigenvalue weighted by molar-refractivity contribution is -0.150. The molecule has 0 bridgehead atoms. The van der Waals surface area contributed by atoms with Gasteiger partial charge in [0.1, 0.15) is 32.8 Å². The van der Waals surface area contributed by atoms with E-state index in [0.717, 1.165) is 21.4 Å². The van der Waals surface area contributed by atoms with Crippen LogP contribution in [0.25, 0.3) is 0 Å². The maximum Gasteiger partial charge on any atom is 0.353 e. The Balaban J connectivity index is 1.48. The topological polar surface area (TPSA) is 184 Å². The second kappa shape index (κ2) is 9.05. The number of fused-ring (bicyclic) bond motifs is 1. The molecule has 2 aromatic heterocycles. The molecule has 1 saturated heterocycles. The number of carbonyl (C=O) groups is 3. The Morgan fingerprint density at radius 2 is 2.22 bits per heavy atom. The standard InChI is InChI=1S/C16H15N7O5S4/c1-5-20-21-8(32-5)4-29-7-3-30-14-10(13(25)23(14)11(7)15(26)27)19-12(24)9(22-28)6-2-31-16(17)18-6/h2,10,14,28H,3-4H2,1H3,(H2,17,18)(H,19,24)(H,26,27)/b22-9-/t10-,14+/m1/s1. The van der Waals surface area contributed by atoms with Crippen molar-refractivity contribution in [2.24, 2.45) is 5.16 Å². The number of aliphatic carboxylic acids is 1. The highest BCUT2D eigenvalue weighted by Gasteiger charge is 2.54. The summed E-state index contributed by atoms with van der Waals surface area (Å²) < 4.78 is 0. The molecule has 4 rings (SSSR count). The number of nitrogens with zero attached hydrogens (tertiary/aromatic N) is 5. The quantitative estimate of drug-likeness (QED) is 0.177. The first kappa shape index (κ1) is 22.5. The number of hydrogen-bond donors (Lipinski definition) is 4. The van der Waals surface area contributed by atoms with Crippen molar-refractivity contribution in [2.75, 3.05) is 11.5 Å². The SMILES string of the molecule is Cc1nnc(CSC2=C(C(=O)O)N3C(=O)[C@@H](NC(=O)/C(=N\O)c4csc(N)n4)[C@@H]3SC2)s1. The number of aromatic nitrogens is 3. The van der Waals surface area contributed by atoms with Crippen LogP contribution in [0.4, 0.5) is 5.13 Å². The average molecular weight is 514 g/mol. The molecule has 0 radical (unpaired) electrons. The van der Waals surface area contributed by atoms with Crippen LogP contribution in [0.1, 0.15) is 15.7 Å². The minimum atomic E-state index is -1.22. The van der Waals surface area contributed by atoms with Gasteiger partial charge < -0.3 is 21.4 Å². The Kier molecular flexibility index (Phi) is 6.36. The molecule has 0 spiro atoms. The molecule has 32 heavy (non-hydrogen) atoms. The summed E-state index contributed by atoms with van der Waals surface area (Å²) in [6.45, 7) is 1.83. The molecule has 0 unspecified atom stereocenters. The largest absolute Gasteiger partial charge is 0.477 e. The van der Waals surface area contributed by atoms with Gasteiger partial charge in [0.15, 0.2) is 10.8 Å². The first-order valence-corrected chi connectivity index (χ1v) is 12.6. The third kappa shape index (κ3) is 4.17. The molecule has 12 nitrogen and oxygen atoms in total. The van der Waals surface area contributed by atoms with Crippen molar-refractivity contribution in [3.63, 3.8) is 0 Å². The van der Waals surface area contributed by atoms with E-state index in [1.807, 2.05) is 6.92 Å². The van der Waals surface area contributed by atoms with Gasteiger partial charge in [0.25, 0.3) is 11.8 Å². The summed E-state index contributed by atoms with van der Waals surface area (Å²) in [7, 11) is 0. The molecule has 5 N–H and O–H groups in total. The van der Waals surface area contributed by atoms with Crippen LogP contribution in [0, 0.1) is 6.92 Å². The van der Waals surface area contributed by atoms with Crippen LogP contribution in [0.5, 0.6) is 0 Å². The number of carbonyl (C=O) groups excluding carboxylic acids is 2. The minimum absolute atomic E-state index is 0.0733. The lowest BCUT2D eigenvalue weighted by atomic mass is 10.0. The maximum atomic E-state index is 12.8. The third-order valence-electron chi connectivity index (χ3n) is 4.44. The zero-order chi connectivity index (χ0) is 23.0. The predicted octanol–water partition coefficient (Wildman–Crippen LogP) is 0.693.